The fourth-order valence-electron chi connectivity index (χ4n) is 4.14. The Kier molecular flexibility index (Phi) is 4.34. The van der Waals surface area contributed by atoms with Crippen LogP contribution < -0.4 is 5.32 Å². The van der Waals surface area contributed by atoms with Crippen molar-refractivity contribution < 1.29 is 10.2 Å². The van der Waals surface area contributed by atoms with Crippen LogP contribution in [0.25, 0.3) is 11.3 Å². The van der Waals surface area contributed by atoms with Gasteiger partial charge in [-0.05, 0) is 18.8 Å². The molecule has 0 radical (unpaired) electrons. The Hall–Kier alpha value is -2.50. The first-order valence-corrected chi connectivity index (χ1v) is 8.94. The van der Waals surface area contributed by atoms with Gasteiger partial charge in [0.25, 0.3) is 0 Å². The summed E-state index contributed by atoms with van der Waals surface area (Å²) in [5.74, 6) is 1.20. The van der Waals surface area contributed by atoms with E-state index in [1.807, 2.05) is 6.20 Å². The van der Waals surface area contributed by atoms with E-state index in [9.17, 15) is 15.5 Å². The highest BCUT2D eigenvalue weighted by Gasteiger charge is 2.37. The minimum atomic E-state index is -0.728. The molecule has 1 aliphatic heterocycles. The second kappa shape index (κ2) is 6.67. The lowest BCUT2D eigenvalue weighted by Gasteiger charge is -2.21. The zero-order chi connectivity index (χ0) is 18.3. The molecule has 3 heterocycles. The molecule has 1 saturated carbocycles. The number of fused-ring (bicyclic) bond motifs is 1. The molecular formula is C18H22N6O2. The van der Waals surface area contributed by atoms with Crippen molar-refractivity contribution in [2.24, 2.45) is 5.92 Å². The molecule has 26 heavy (non-hydrogen) atoms. The van der Waals surface area contributed by atoms with Gasteiger partial charge in [-0.1, -0.05) is 6.92 Å². The van der Waals surface area contributed by atoms with Crippen molar-refractivity contribution in [2.45, 2.75) is 50.4 Å². The van der Waals surface area contributed by atoms with Gasteiger partial charge in [0.15, 0.2) is 0 Å². The van der Waals surface area contributed by atoms with Crippen LogP contribution in [0.15, 0.2) is 18.7 Å². The van der Waals surface area contributed by atoms with Crippen molar-refractivity contribution in [3.63, 3.8) is 0 Å². The van der Waals surface area contributed by atoms with Gasteiger partial charge in [-0.3, -0.25) is 4.68 Å². The van der Waals surface area contributed by atoms with Crippen molar-refractivity contribution in [2.75, 3.05) is 11.9 Å². The summed E-state index contributed by atoms with van der Waals surface area (Å²) in [6.07, 6.45) is 5.01. The van der Waals surface area contributed by atoms with Crippen molar-refractivity contribution in [1.82, 2.24) is 19.7 Å². The lowest BCUT2D eigenvalue weighted by atomic mass is 9.95. The third-order valence-electron chi connectivity index (χ3n) is 5.54. The molecule has 8 nitrogen and oxygen atoms in total. The van der Waals surface area contributed by atoms with Crippen LogP contribution in [0.5, 0.6) is 0 Å². The van der Waals surface area contributed by atoms with Gasteiger partial charge in [-0.2, -0.15) is 10.4 Å². The molecule has 0 amide bonds. The van der Waals surface area contributed by atoms with E-state index in [2.05, 4.69) is 33.4 Å². The SMILES string of the molecule is CC1CNc2ncnc(-c3cnn(C(CC#N)C4CC(O)C(O)C4)c3)c21. The van der Waals surface area contributed by atoms with Gasteiger partial charge in [-0.15, -0.1) is 0 Å². The second-order valence-electron chi connectivity index (χ2n) is 7.27. The standard InChI is InChI=1S/C18H22N6O2/c1-10-6-20-18-16(10)17(21-9-22-18)12-7-23-24(8-12)13(2-3-19)11-4-14(25)15(26)5-11/h7-11,13-15,25-26H,2,4-6H2,1H3,(H,20,21,22). The normalized spacial score (nSPS) is 28.4. The third kappa shape index (κ3) is 2.83. The highest BCUT2D eigenvalue weighted by molar-refractivity contribution is 5.70. The van der Waals surface area contributed by atoms with E-state index in [-0.39, 0.29) is 18.4 Å². The van der Waals surface area contributed by atoms with E-state index in [1.54, 1.807) is 17.2 Å². The Morgan fingerprint density at radius 3 is 2.85 bits per heavy atom. The molecule has 3 N–H and O–H groups in total. The molecule has 2 aliphatic rings. The van der Waals surface area contributed by atoms with Crippen molar-refractivity contribution >= 4 is 5.82 Å². The summed E-state index contributed by atoms with van der Waals surface area (Å²) in [5, 5.41) is 36.7. The number of hydrogen-bond acceptors (Lipinski definition) is 7. The molecule has 4 rings (SSSR count). The minimum Gasteiger partial charge on any atom is -0.390 e. The van der Waals surface area contributed by atoms with E-state index >= 15 is 0 Å². The van der Waals surface area contributed by atoms with Crippen LogP contribution in [0.4, 0.5) is 5.82 Å². The summed E-state index contributed by atoms with van der Waals surface area (Å²) in [6.45, 7) is 2.97. The van der Waals surface area contributed by atoms with E-state index in [0.29, 0.717) is 18.8 Å². The molecule has 2 aromatic heterocycles. The highest BCUT2D eigenvalue weighted by atomic mass is 16.3. The lowest BCUT2D eigenvalue weighted by Crippen LogP contribution is -2.18. The summed E-state index contributed by atoms with van der Waals surface area (Å²) in [7, 11) is 0. The number of nitrogens with one attached hydrogen (secondary N) is 1. The Bertz CT molecular complexity index is 834. The van der Waals surface area contributed by atoms with Crippen LogP contribution in [-0.2, 0) is 0 Å². The van der Waals surface area contributed by atoms with Crippen LogP contribution in [-0.4, -0.2) is 48.7 Å². The molecular weight excluding hydrogens is 332 g/mol. The molecule has 0 bridgehead atoms. The fourth-order valence-corrected chi connectivity index (χ4v) is 4.14. The van der Waals surface area contributed by atoms with Gasteiger partial charge < -0.3 is 15.5 Å². The monoisotopic (exact) mass is 354 g/mol. The van der Waals surface area contributed by atoms with Gasteiger partial charge in [0.2, 0.25) is 0 Å². The second-order valence-corrected chi connectivity index (χ2v) is 7.27. The number of rotatable bonds is 4. The maximum absolute atomic E-state index is 9.86. The predicted octanol–water partition coefficient (Wildman–Crippen LogP) is 1.46. The minimum absolute atomic E-state index is 0.0177. The van der Waals surface area contributed by atoms with E-state index in [4.69, 9.17) is 0 Å². The zero-order valence-electron chi connectivity index (χ0n) is 14.6. The van der Waals surface area contributed by atoms with Gasteiger partial charge in [0, 0.05) is 29.8 Å². The van der Waals surface area contributed by atoms with Crippen molar-refractivity contribution in [3.8, 4) is 17.3 Å². The predicted molar refractivity (Wildman–Crippen MR) is 94.2 cm³/mol. The third-order valence-corrected chi connectivity index (χ3v) is 5.54. The molecule has 0 aromatic carbocycles. The molecule has 8 heteroatoms. The number of aromatic nitrogens is 4. The number of anilines is 1. The van der Waals surface area contributed by atoms with E-state index in [0.717, 1.165) is 29.2 Å². The number of aliphatic hydroxyl groups is 2. The van der Waals surface area contributed by atoms with E-state index in [1.165, 1.54) is 0 Å². The van der Waals surface area contributed by atoms with Gasteiger partial charge in [-0.25, -0.2) is 9.97 Å². The Morgan fingerprint density at radius 1 is 1.35 bits per heavy atom. The van der Waals surface area contributed by atoms with Gasteiger partial charge in [0.1, 0.15) is 12.1 Å². The molecule has 0 saturated heterocycles. The molecule has 1 aliphatic carbocycles. The first-order valence-electron chi connectivity index (χ1n) is 8.94. The summed E-state index contributed by atoms with van der Waals surface area (Å²) in [6, 6.07) is 2.04. The largest absolute Gasteiger partial charge is 0.390 e. The Labute approximate surface area is 151 Å². The topological polar surface area (TPSA) is 120 Å². The highest BCUT2D eigenvalue weighted by Crippen LogP contribution is 2.39. The molecule has 2 aromatic rings. The first-order chi connectivity index (χ1) is 12.6. The Balaban J connectivity index is 1.65. The number of hydrogen-bond donors (Lipinski definition) is 3. The molecule has 4 atom stereocenters. The smallest absolute Gasteiger partial charge is 0.133 e. The summed E-state index contributed by atoms with van der Waals surface area (Å²) in [4.78, 5) is 8.76. The van der Waals surface area contributed by atoms with Crippen molar-refractivity contribution in [1.29, 1.82) is 5.26 Å². The number of nitriles is 1. The number of aliphatic hydroxyl groups excluding tert-OH is 2. The van der Waals surface area contributed by atoms with E-state index < -0.39 is 12.2 Å². The summed E-state index contributed by atoms with van der Waals surface area (Å²) in [5.41, 5.74) is 2.85. The lowest BCUT2D eigenvalue weighted by molar-refractivity contribution is 0.0438. The maximum Gasteiger partial charge on any atom is 0.133 e. The Morgan fingerprint density at radius 2 is 2.12 bits per heavy atom. The van der Waals surface area contributed by atoms with Crippen LogP contribution in [0.3, 0.4) is 0 Å². The van der Waals surface area contributed by atoms with Gasteiger partial charge in [0.05, 0.1) is 42.6 Å². The average Bonchev–Trinajstić information content (AvgIpc) is 3.33. The summed E-state index contributed by atoms with van der Waals surface area (Å²) < 4.78 is 1.79. The quantitative estimate of drug-likeness (QED) is 0.760. The average molecular weight is 354 g/mol. The van der Waals surface area contributed by atoms with Gasteiger partial charge >= 0.3 is 0 Å². The fraction of sp³-hybridized carbons (Fsp3) is 0.556. The maximum atomic E-state index is 9.86. The summed E-state index contributed by atoms with van der Waals surface area (Å²) >= 11 is 0. The van der Waals surface area contributed by atoms with Crippen molar-refractivity contribution in [3.05, 3.63) is 24.3 Å². The molecule has 136 valence electrons. The molecule has 1 fully saturated rings. The molecule has 0 spiro atoms. The zero-order valence-corrected chi connectivity index (χ0v) is 14.6. The molecule has 4 unspecified atom stereocenters. The van der Waals surface area contributed by atoms with Crippen LogP contribution >= 0.6 is 0 Å². The van der Waals surface area contributed by atoms with Crippen LogP contribution in [0.2, 0.25) is 0 Å². The van der Waals surface area contributed by atoms with Crippen LogP contribution in [0, 0.1) is 17.2 Å². The first kappa shape index (κ1) is 16.9. The van der Waals surface area contributed by atoms with Crippen LogP contribution in [0.1, 0.15) is 43.7 Å². The number of nitrogens with zero attached hydrogens (tertiary/aromatic N) is 5.